The normalized spacial score (nSPS) is 12.1. The van der Waals surface area contributed by atoms with Crippen molar-refractivity contribution in [1.82, 2.24) is 0 Å². The van der Waals surface area contributed by atoms with Crippen molar-refractivity contribution in [1.29, 1.82) is 0 Å². The van der Waals surface area contributed by atoms with Crippen LogP contribution in [-0.2, 0) is 5.54 Å². The van der Waals surface area contributed by atoms with Crippen LogP contribution in [0.25, 0.3) is 0 Å². The molecule has 0 unspecified atom stereocenters. The smallest absolute Gasteiger partial charge is 0.123 e. The van der Waals surface area contributed by atoms with E-state index in [1.54, 1.807) is 10.5 Å². The molecule has 0 radical (unpaired) electrons. The molecule has 1 aromatic rings. The Bertz CT molecular complexity index is 755. The van der Waals surface area contributed by atoms with Gasteiger partial charge in [0, 0.05) is 18.4 Å². The summed E-state index contributed by atoms with van der Waals surface area (Å²) in [7, 11) is 4.82. The lowest BCUT2D eigenvalue weighted by Gasteiger charge is -2.38. The van der Waals surface area contributed by atoms with Crippen LogP contribution >= 0.6 is 0 Å². The maximum atomic E-state index is 2.45. The van der Waals surface area contributed by atoms with E-state index in [4.69, 9.17) is 0 Å². The van der Waals surface area contributed by atoms with Gasteiger partial charge in [-0.1, -0.05) is 184 Å². The van der Waals surface area contributed by atoms with Crippen LogP contribution in [0.15, 0.2) is 54.6 Å². The van der Waals surface area contributed by atoms with Crippen molar-refractivity contribution in [3.05, 3.63) is 60.2 Å². The lowest BCUT2D eigenvalue weighted by Crippen LogP contribution is -3.13. The minimum absolute atomic E-state index is 0. The molecule has 274 valence electrons. The van der Waals surface area contributed by atoms with Gasteiger partial charge in [-0.15, -0.1) is 0 Å². The predicted molar refractivity (Wildman–Crippen MR) is 209 cm³/mol. The van der Waals surface area contributed by atoms with Gasteiger partial charge < -0.3 is 17.3 Å². The van der Waals surface area contributed by atoms with E-state index in [0.29, 0.717) is 0 Å². The second-order valence-corrected chi connectivity index (χ2v) is 14.8. The quantitative estimate of drug-likeness (QED) is 0.0549. The summed E-state index contributed by atoms with van der Waals surface area (Å²) in [6, 6.07) is 11.5. The molecule has 0 spiro atoms. The average molecular weight is 673 g/mol. The number of unbranched alkanes of at least 4 members (excludes halogenated alkanes) is 24. The number of hydrogen-bond acceptors (Lipinski definition) is 0. The Labute approximate surface area is 302 Å². The van der Waals surface area contributed by atoms with Crippen molar-refractivity contribution < 1.29 is 17.3 Å². The number of allylic oxidation sites excluding steroid dienone is 4. The number of hydrogen-bond donors (Lipinski definition) is 1. The molecule has 0 aliphatic heterocycles. The Kier molecular flexibility index (Phi) is 34.0. The lowest BCUT2D eigenvalue weighted by atomic mass is 9.79. The average Bonchev–Trinajstić information content (AvgIpc) is 3.07. The van der Waals surface area contributed by atoms with Crippen molar-refractivity contribution in [2.45, 2.75) is 212 Å². The zero-order chi connectivity index (χ0) is 33.2. The van der Waals surface area contributed by atoms with Gasteiger partial charge in [-0.05, 0) is 64.2 Å². The molecule has 0 bridgehead atoms. The fourth-order valence-corrected chi connectivity index (χ4v) is 7.31. The molecule has 0 atom stereocenters. The molecular weight excluding hydrogens is 590 g/mol. The fraction of sp³-hybridized carbons (Fsp3) is 0.778. The molecule has 1 nitrogen and oxygen atoms in total. The van der Waals surface area contributed by atoms with E-state index >= 15 is 0 Å². The van der Waals surface area contributed by atoms with Crippen LogP contribution in [0.4, 0.5) is 0 Å². The van der Waals surface area contributed by atoms with E-state index in [9.17, 15) is 0 Å². The Hall–Kier alpha value is -1.05. The van der Waals surface area contributed by atoms with Crippen molar-refractivity contribution >= 4 is 0 Å². The van der Waals surface area contributed by atoms with Gasteiger partial charge in [-0.2, -0.15) is 0 Å². The summed E-state index contributed by atoms with van der Waals surface area (Å²) in [4.78, 5) is 1.62. The number of rotatable bonds is 34. The van der Waals surface area contributed by atoms with Gasteiger partial charge in [0.05, 0.1) is 14.1 Å². The van der Waals surface area contributed by atoms with E-state index < -0.39 is 0 Å². The van der Waals surface area contributed by atoms with Crippen LogP contribution < -0.4 is 17.3 Å². The maximum absolute atomic E-state index is 2.45. The fourth-order valence-electron chi connectivity index (χ4n) is 7.31. The highest BCUT2D eigenvalue weighted by Gasteiger charge is 2.37. The SMILES string of the molecule is CCCCCCCC/C=C\CCCCCCCCC(CCCCCCCC/C=C\CCCCCCCC)(c1ccccc1)[NH+](C)C.[Cl-]. The summed E-state index contributed by atoms with van der Waals surface area (Å²) in [6.45, 7) is 4.60. The van der Waals surface area contributed by atoms with Crippen molar-refractivity contribution in [3.63, 3.8) is 0 Å². The predicted octanol–water partition coefficient (Wildman–Crippen LogP) is 10.9. The molecule has 0 aliphatic rings. The van der Waals surface area contributed by atoms with Crippen molar-refractivity contribution in [2.75, 3.05) is 14.1 Å². The van der Waals surface area contributed by atoms with E-state index in [-0.39, 0.29) is 17.9 Å². The molecule has 47 heavy (non-hydrogen) atoms. The van der Waals surface area contributed by atoms with Gasteiger partial charge in [-0.3, -0.25) is 0 Å². The van der Waals surface area contributed by atoms with Crippen LogP contribution in [-0.4, -0.2) is 14.1 Å². The lowest BCUT2D eigenvalue weighted by molar-refractivity contribution is -0.925. The highest BCUT2D eigenvalue weighted by molar-refractivity contribution is 5.22. The second kappa shape index (κ2) is 34.8. The molecule has 0 aliphatic carbocycles. The van der Waals surface area contributed by atoms with Gasteiger partial charge in [0.1, 0.15) is 5.54 Å². The van der Waals surface area contributed by atoms with E-state index in [2.05, 4.69) is 82.6 Å². The topological polar surface area (TPSA) is 4.44 Å². The highest BCUT2D eigenvalue weighted by Crippen LogP contribution is 2.31. The molecule has 1 N–H and O–H groups in total. The van der Waals surface area contributed by atoms with Gasteiger partial charge in [-0.25, -0.2) is 0 Å². The summed E-state index contributed by atoms with van der Waals surface area (Å²) in [6.07, 6.45) is 51.2. The Morgan fingerprint density at radius 2 is 0.723 bits per heavy atom. The van der Waals surface area contributed by atoms with Crippen LogP contribution in [0.3, 0.4) is 0 Å². The van der Waals surface area contributed by atoms with Crippen LogP contribution in [0.2, 0.25) is 0 Å². The van der Waals surface area contributed by atoms with Gasteiger partial charge in [0.25, 0.3) is 0 Å². The van der Waals surface area contributed by atoms with Crippen molar-refractivity contribution in [3.8, 4) is 0 Å². The van der Waals surface area contributed by atoms with E-state index in [1.165, 1.54) is 193 Å². The molecule has 0 aromatic heterocycles. The molecule has 0 saturated carbocycles. The Balaban J connectivity index is 0.0000212. The summed E-state index contributed by atoms with van der Waals surface area (Å²) >= 11 is 0. The first-order chi connectivity index (χ1) is 22.7. The third-order valence-electron chi connectivity index (χ3n) is 10.5. The van der Waals surface area contributed by atoms with Crippen LogP contribution in [0.5, 0.6) is 0 Å². The van der Waals surface area contributed by atoms with Crippen LogP contribution in [0, 0.1) is 0 Å². The van der Waals surface area contributed by atoms with E-state index in [1.807, 2.05) is 0 Å². The first kappa shape index (κ1) is 46.0. The van der Waals surface area contributed by atoms with Crippen molar-refractivity contribution in [2.24, 2.45) is 0 Å². The summed E-state index contributed by atoms with van der Waals surface area (Å²) in [5.74, 6) is 0. The maximum Gasteiger partial charge on any atom is 0.123 e. The molecular formula is C45H82ClN. The summed E-state index contributed by atoms with van der Waals surface area (Å²) in [5, 5.41) is 0. The minimum atomic E-state index is 0. The third-order valence-corrected chi connectivity index (χ3v) is 10.5. The third kappa shape index (κ3) is 25.6. The molecule has 0 saturated heterocycles. The van der Waals surface area contributed by atoms with Crippen LogP contribution in [0.1, 0.15) is 212 Å². The molecule has 0 amide bonds. The first-order valence-corrected chi connectivity index (χ1v) is 20.8. The number of benzene rings is 1. The monoisotopic (exact) mass is 672 g/mol. The van der Waals surface area contributed by atoms with E-state index in [0.717, 1.165) is 0 Å². The number of quaternary nitrogens is 1. The standard InChI is InChI=1S/C45H81N.ClH/c1-5-7-9-11-13-15-17-19-21-23-25-27-29-31-33-38-42-45(46(3)4,44-40-36-35-37-41-44)43-39-34-32-30-28-26-24-22-20-18-16-14-12-10-8-6-2;/h19-22,35-37,40-41H,5-18,23-34,38-39,42-43H2,1-4H3;1H/b21-19-,22-20-;. The number of nitrogens with one attached hydrogen (secondary N) is 1. The summed E-state index contributed by atoms with van der Waals surface area (Å²) < 4.78 is 0. The zero-order valence-corrected chi connectivity index (χ0v) is 33.0. The van der Waals surface area contributed by atoms with Gasteiger partial charge >= 0.3 is 0 Å². The molecule has 0 fully saturated rings. The summed E-state index contributed by atoms with van der Waals surface area (Å²) in [5.41, 5.74) is 1.83. The first-order valence-electron chi connectivity index (χ1n) is 20.8. The molecule has 1 aromatic carbocycles. The Morgan fingerprint density at radius 1 is 0.426 bits per heavy atom. The second-order valence-electron chi connectivity index (χ2n) is 14.8. The number of halogens is 1. The molecule has 2 heteroatoms. The minimum Gasteiger partial charge on any atom is -1.00 e. The van der Waals surface area contributed by atoms with Gasteiger partial charge in [0.2, 0.25) is 0 Å². The largest absolute Gasteiger partial charge is 1.00 e. The highest BCUT2D eigenvalue weighted by atomic mass is 35.5. The zero-order valence-electron chi connectivity index (χ0n) is 32.3. The van der Waals surface area contributed by atoms with Gasteiger partial charge in [0.15, 0.2) is 0 Å². The molecule has 0 heterocycles. The molecule has 1 rings (SSSR count). The Morgan fingerprint density at radius 3 is 1.04 bits per heavy atom.